The van der Waals surface area contributed by atoms with Gasteiger partial charge in [-0.05, 0) is 64.7 Å². The van der Waals surface area contributed by atoms with E-state index in [0.717, 1.165) is 72.1 Å². The van der Waals surface area contributed by atoms with Crippen LogP contribution >= 0.6 is 15.9 Å². The first-order valence-electron chi connectivity index (χ1n) is 10.7. The van der Waals surface area contributed by atoms with Crippen molar-refractivity contribution in [3.05, 3.63) is 76.6 Å². The third-order valence-electron chi connectivity index (χ3n) is 5.27. The Hall–Kier alpha value is -2.44. The van der Waals surface area contributed by atoms with Crippen LogP contribution in [0, 0.1) is 6.92 Å². The van der Waals surface area contributed by atoms with Crippen molar-refractivity contribution in [3.8, 4) is 0 Å². The van der Waals surface area contributed by atoms with Gasteiger partial charge < -0.3 is 9.64 Å². The number of halogens is 1. The largest absolute Gasteiger partial charge is 0.378 e. The molecule has 0 radical (unpaired) electrons. The number of unbranched alkanes of at least 4 members (excludes halogenated alkanes) is 1. The van der Waals surface area contributed by atoms with E-state index in [2.05, 4.69) is 82.7 Å². The van der Waals surface area contributed by atoms with E-state index in [1.165, 1.54) is 5.57 Å². The fraction of sp³-hybridized carbons (Fsp3) is 0.360. The van der Waals surface area contributed by atoms with Crippen LogP contribution in [0.25, 0.3) is 11.4 Å². The minimum atomic E-state index is 0.720. The van der Waals surface area contributed by atoms with Gasteiger partial charge in [0.1, 0.15) is 10.4 Å². The molecular weight excluding hydrogens is 452 g/mol. The molecule has 0 unspecified atom stereocenters. The highest BCUT2D eigenvalue weighted by Gasteiger charge is 2.19. The number of aromatic nitrogens is 2. The SMILES string of the molecule is C=CC(=NC)c1cccc(C(=C\CCC)/C=C(/N2CCOCC2)n2nc(Br)cc2C)c1. The summed E-state index contributed by atoms with van der Waals surface area (Å²) in [6.45, 7) is 11.3. The number of hydrogen-bond donors (Lipinski definition) is 0. The summed E-state index contributed by atoms with van der Waals surface area (Å²) in [7, 11) is 1.80. The number of hydrogen-bond acceptors (Lipinski definition) is 4. The average molecular weight is 483 g/mol. The lowest BCUT2D eigenvalue weighted by molar-refractivity contribution is 0.0611. The number of morpholine rings is 1. The number of benzene rings is 1. The van der Waals surface area contributed by atoms with Crippen molar-refractivity contribution in [1.82, 2.24) is 14.7 Å². The Morgan fingerprint density at radius 3 is 2.61 bits per heavy atom. The molecule has 31 heavy (non-hydrogen) atoms. The van der Waals surface area contributed by atoms with E-state index in [-0.39, 0.29) is 0 Å². The molecule has 1 fully saturated rings. The molecule has 164 valence electrons. The summed E-state index contributed by atoms with van der Waals surface area (Å²) in [6, 6.07) is 10.5. The van der Waals surface area contributed by atoms with Gasteiger partial charge in [-0.15, -0.1) is 0 Å². The van der Waals surface area contributed by atoms with Gasteiger partial charge >= 0.3 is 0 Å². The molecule has 1 aromatic carbocycles. The normalized spacial score (nSPS) is 16.0. The standard InChI is InChI=1S/C25H31BrN4O/c1-5-7-9-21(20-10-8-11-22(17-20)23(6-2)27-4)18-25(29-12-14-31-15-13-29)30-19(3)16-24(26)28-30/h6,8-11,16-18H,2,5,7,12-15H2,1,3-4H3/b21-9-,25-18-,27-23?. The first-order valence-corrected chi connectivity index (χ1v) is 11.5. The van der Waals surface area contributed by atoms with Crippen LogP contribution in [0.15, 0.2) is 64.7 Å². The Balaban J connectivity index is 2.12. The fourth-order valence-electron chi connectivity index (χ4n) is 3.64. The lowest BCUT2D eigenvalue weighted by Crippen LogP contribution is -2.37. The Labute approximate surface area is 193 Å². The van der Waals surface area contributed by atoms with Crippen LogP contribution in [0.1, 0.15) is 36.6 Å². The molecule has 3 rings (SSSR count). The number of rotatable bonds is 8. The molecule has 0 spiro atoms. The monoisotopic (exact) mass is 482 g/mol. The highest BCUT2D eigenvalue weighted by molar-refractivity contribution is 9.10. The van der Waals surface area contributed by atoms with Crippen LogP contribution in [-0.4, -0.2) is 53.7 Å². The quantitative estimate of drug-likeness (QED) is 0.364. The highest BCUT2D eigenvalue weighted by Crippen LogP contribution is 2.26. The zero-order valence-electron chi connectivity index (χ0n) is 18.6. The van der Waals surface area contributed by atoms with Crippen LogP contribution in [0.5, 0.6) is 0 Å². The molecular formula is C25H31BrN4O. The molecule has 1 aromatic heterocycles. The lowest BCUT2D eigenvalue weighted by Gasteiger charge is -2.31. The molecule has 0 aliphatic carbocycles. The third-order valence-corrected chi connectivity index (χ3v) is 5.66. The van der Waals surface area contributed by atoms with Gasteiger partial charge in [0.25, 0.3) is 0 Å². The summed E-state index contributed by atoms with van der Waals surface area (Å²) in [4.78, 5) is 6.71. The van der Waals surface area contributed by atoms with E-state index in [4.69, 9.17) is 9.84 Å². The van der Waals surface area contributed by atoms with Gasteiger partial charge in [0.2, 0.25) is 0 Å². The van der Waals surface area contributed by atoms with Crippen LogP contribution in [0.2, 0.25) is 0 Å². The molecule has 1 aliphatic rings. The molecule has 0 bridgehead atoms. The van der Waals surface area contributed by atoms with Gasteiger partial charge in [-0.1, -0.05) is 44.2 Å². The minimum Gasteiger partial charge on any atom is -0.378 e. The smallest absolute Gasteiger partial charge is 0.131 e. The van der Waals surface area contributed by atoms with E-state index in [1.54, 1.807) is 13.1 Å². The molecule has 1 aliphatic heterocycles. The molecule has 0 atom stereocenters. The van der Waals surface area contributed by atoms with E-state index < -0.39 is 0 Å². The molecule has 0 saturated carbocycles. The number of aliphatic imine (C=N–C) groups is 1. The maximum Gasteiger partial charge on any atom is 0.131 e. The van der Waals surface area contributed by atoms with E-state index in [0.29, 0.717) is 0 Å². The number of nitrogens with zero attached hydrogens (tertiary/aromatic N) is 4. The Morgan fingerprint density at radius 1 is 1.26 bits per heavy atom. The van der Waals surface area contributed by atoms with Gasteiger partial charge in [-0.3, -0.25) is 4.99 Å². The molecule has 1 saturated heterocycles. The summed E-state index contributed by atoms with van der Waals surface area (Å²) >= 11 is 3.53. The van der Waals surface area contributed by atoms with Crippen molar-refractivity contribution in [3.63, 3.8) is 0 Å². The van der Waals surface area contributed by atoms with Crippen LogP contribution in [-0.2, 0) is 4.74 Å². The van der Waals surface area contributed by atoms with Crippen LogP contribution < -0.4 is 0 Å². The van der Waals surface area contributed by atoms with E-state index in [9.17, 15) is 0 Å². The van der Waals surface area contributed by atoms with Crippen molar-refractivity contribution in [2.45, 2.75) is 26.7 Å². The maximum absolute atomic E-state index is 5.60. The van der Waals surface area contributed by atoms with Crippen molar-refractivity contribution >= 4 is 33.0 Å². The van der Waals surface area contributed by atoms with Crippen molar-refractivity contribution in [2.24, 2.45) is 4.99 Å². The molecule has 2 heterocycles. The summed E-state index contributed by atoms with van der Waals surface area (Å²) in [5.74, 6) is 1.06. The van der Waals surface area contributed by atoms with Crippen molar-refractivity contribution < 1.29 is 4.74 Å². The molecule has 2 aromatic rings. The second-order valence-electron chi connectivity index (χ2n) is 7.46. The summed E-state index contributed by atoms with van der Waals surface area (Å²) in [5.41, 5.74) is 5.37. The third kappa shape index (κ3) is 5.83. The predicted octanol–water partition coefficient (Wildman–Crippen LogP) is 5.57. The van der Waals surface area contributed by atoms with Gasteiger partial charge in [0.05, 0.1) is 18.9 Å². The Kier molecular flexibility index (Phi) is 8.43. The van der Waals surface area contributed by atoms with Crippen molar-refractivity contribution in [1.29, 1.82) is 0 Å². The Bertz CT molecular complexity index is 997. The Morgan fingerprint density at radius 2 is 2.00 bits per heavy atom. The van der Waals surface area contributed by atoms with Crippen LogP contribution in [0.4, 0.5) is 0 Å². The maximum atomic E-state index is 5.60. The lowest BCUT2D eigenvalue weighted by atomic mass is 9.99. The predicted molar refractivity (Wildman–Crippen MR) is 133 cm³/mol. The second kappa shape index (κ2) is 11.3. The molecule has 0 N–H and O–H groups in total. The van der Waals surface area contributed by atoms with Gasteiger partial charge in [-0.2, -0.15) is 5.10 Å². The minimum absolute atomic E-state index is 0.720. The second-order valence-corrected chi connectivity index (χ2v) is 8.28. The zero-order chi connectivity index (χ0) is 22.2. The van der Waals surface area contributed by atoms with Crippen LogP contribution in [0.3, 0.4) is 0 Å². The highest BCUT2D eigenvalue weighted by atomic mass is 79.9. The van der Waals surface area contributed by atoms with Gasteiger partial charge in [0, 0.05) is 31.4 Å². The first-order chi connectivity index (χ1) is 15.1. The summed E-state index contributed by atoms with van der Waals surface area (Å²) < 4.78 is 8.45. The number of allylic oxidation sites excluding steroid dienone is 4. The van der Waals surface area contributed by atoms with E-state index in [1.807, 2.05) is 10.7 Å². The molecule has 6 heteroatoms. The molecule has 5 nitrogen and oxygen atoms in total. The number of ether oxygens (including phenoxy) is 1. The molecule has 0 amide bonds. The zero-order valence-corrected chi connectivity index (χ0v) is 20.2. The summed E-state index contributed by atoms with van der Waals surface area (Å²) in [5, 5.41) is 4.71. The number of aryl methyl sites for hydroxylation is 1. The topological polar surface area (TPSA) is 42.6 Å². The fourth-order valence-corrected chi connectivity index (χ4v) is 4.13. The van der Waals surface area contributed by atoms with Crippen molar-refractivity contribution in [2.75, 3.05) is 33.4 Å². The first kappa shape index (κ1) is 23.2. The average Bonchev–Trinajstić information content (AvgIpc) is 3.13. The van der Waals surface area contributed by atoms with Gasteiger partial charge in [-0.25, -0.2) is 4.68 Å². The summed E-state index contributed by atoms with van der Waals surface area (Å²) in [6.07, 6.45) is 8.45. The van der Waals surface area contributed by atoms with E-state index >= 15 is 0 Å². The van der Waals surface area contributed by atoms with Gasteiger partial charge in [0.15, 0.2) is 0 Å².